The van der Waals surface area contributed by atoms with E-state index in [0.29, 0.717) is 12.2 Å². The van der Waals surface area contributed by atoms with Crippen molar-refractivity contribution in [3.63, 3.8) is 0 Å². The van der Waals surface area contributed by atoms with Gasteiger partial charge in [0, 0.05) is 37.4 Å². The van der Waals surface area contributed by atoms with Crippen LogP contribution in [0.2, 0.25) is 0 Å². The van der Waals surface area contributed by atoms with Crippen LogP contribution < -0.4 is 11.1 Å². The van der Waals surface area contributed by atoms with E-state index in [2.05, 4.69) is 10.2 Å². The summed E-state index contributed by atoms with van der Waals surface area (Å²) < 4.78 is 11.3. The molecule has 3 aliphatic heterocycles. The van der Waals surface area contributed by atoms with Crippen LogP contribution in [-0.4, -0.2) is 90.8 Å². The molecule has 1 amide bonds. The molecule has 4 N–H and O–H groups in total. The van der Waals surface area contributed by atoms with Crippen LogP contribution in [0.4, 0.5) is 4.79 Å². The van der Waals surface area contributed by atoms with Crippen LogP contribution in [-0.2, 0) is 19.1 Å². The second-order valence-electron chi connectivity index (χ2n) is 7.50. The van der Waals surface area contributed by atoms with E-state index in [4.69, 9.17) is 20.3 Å². The molecule has 10 nitrogen and oxygen atoms in total. The average molecular weight is 392 g/mol. The second kappa shape index (κ2) is 6.29. The molecule has 0 aromatic carbocycles. The number of ketones is 2. The number of ether oxygens (including phenoxy) is 2. The molecule has 2 fully saturated rings. The molecule has 1 aliphatic carbocycles. The quantitative estimate of drug-likeness (QED) is 0.370. The maximum absolute atomic E-state index is 13.0. The van der Waals surface area contributed by atoms with Crippen molar-refractivity contribution in [2.45, 2.75) is 24.7 Å². The number of alkyl carbamates (subject to hydrolysis) is 1. The van der Waals surface area contributed by atoms with Gasteiger partial charge in [-0.05, 0) is 14.0 Å². The van der Waals surface area contributed by atoms with Gasteiger partial charge in [-0.15, -0.1) is 0 Å². The van der Waals surface area contributed by atoms with Gasteiger partial charge in [0.2, 0.25) is 11.6 Å². The van der Waals surface area contributed by atoms with Gasteiger partial charge in [-0.3, -0.25) is 14.5 Å². The van der Waals surface area contributed by atoms with Crippen LogP contribution in [0.1, 0.15) is 6.92 Å². The van der Waals surface area contributed by atoms with Crippen molar-refractivity contribution >= 4 is 17.7 Å². The molecule has 4 aliphatic rings. The van der Waals surface area contributed by atoms with Crippen molar-refractivity contribution in [1.29, 1.82) is 0 Å². The molecule has 0 bridgehead atoms. The summed E-state index contributed by atoms with van der Waals surface area (Å²) in [7, 11) is 3.50. The van der Waals surface area contributed by atoms with Gasteiger partial charge in [0.1, 0.15) is 6.61 Å². The highest BCUT2D eigenvalue weighted by Crippen LogP contribution is 2.59. The smallest absolute Gasteiger partial charge is 0.407 e. The Labute approximate surface area is 161 Å². The zero-order chi connectivity index (χ0) is 20.4. The fourth-order valence-corrected chi connectivity index (χ4v) is 4.94. The molecule has 4 rings (SSSR count). The Kier molecular flexibility index (Phi) is 4.25. The summed E-state index contributed by atoms with van der Waals surface area (Å²) in [5.74, 6) is -1.36. The lowest BCUT2D eigenvalue weighted by Crippen LogP contribution is -2.55. The zero-order valence-electron chi connectivity index (χ0n) is 16.0. The Bertz CT molecular complexity index is 836. The number of nitrogens with zero attached hydrogens (tertiary/aromatic N) is 2. The van der Waals surface area contributed by atoms with Gasteiger partial charge in [-0.2, -0.15) is 0 Å². The lowest BCUT2D eigenvalue weighted by Gasteiger charge is -2.40. The van der Waals surface area contributed by atoms with Gasteiger partial charge >= 0.3 is 6.09 Å². The Morgan fingerprint density at radius 2 is 2.11 bits per heavy atom. The number of amides is 1. The average Bonchev–Trinajstić information content (AvgIpc) is 3.07. The molecule has 5 atom stereocenters. The highest BCUT2D eigenvalue weighted by atomic mass is 16.6. The molecule has 0 spiro atoms. The van der Waals surface area contributed by atoms with E-state index in [-0.39, 0.29) is 54.5 Å². The number of carbonyl (C=O) groups excluding carboxylic acids is 3. The molecule has 1 unspecified atom stereocenters. The number of aliphatic hydroxyl groups is 1. The van der Waals surface area contributed by atoms with E-state index in [1.54, 1.807) is 6.92 Å². The van der Waals surface area contributed by atoms with Crippen LogP contribution in [0.15, 0.2) is 22.5 Å². The normalized spacial score (nSPS) is 35.8. The van der Waals surface area contributed by atoms with E-state index in [0.717, 1.165) is 0 Å². The molecule has 2 saturated heterocycles. The van der Waals surface area contributed by atoms with Gasteiger partial charge < -0.3 is 30.5 Å². The van der Waals surface area contributed by atoms with Crippen molar-refractivity contribution in [2.24, 2.45) is 11.7 Å². The minimum atomic E-state index is -0.975. The van der Waals surface area contributed by atoms with E-state index in [9.17, 15) is 14.4 Å². The van der Waals surface area contributed by atoms with E-state index < -0.39 is 23.5 Å². The fraction of sp³-hybridized carbons (Fsp3) is 0.611. The lowest BCUT2D eigenvalue weighted by atomic mass is 9.82. The van der Waals surface area contributed by atoms with Gasteiger partial charge in [0.05, 0.1) is 30.0 Å². The summed E-state index contributed by atoms with van der Waals surface area (Å²) in [5, 5.41) is 11.2. The predicted octanol–water partition coefficient (Wildman–Crippen LogP) is -1.69. The minimum absolute atomic E-state index is 0.0284. The molecular formula is C18H24N4O6. The number of carbonyl (C=O) groups is 3. The van der Waals surface area contributed by atoms with Crippen LogP contribution in [0.3, 0.4) is 0 Å². The van der Waals surface area contributed by atoms with Crippen molar-refractivity contribution in [3.05, 3.63) is 22.5 Å². The molecule has 0 saturated carbocycles. The van der Waals surface area contributed by atoms with Crippen LogP contribution in [0, 0.1) is 5.92 Å². The Morgan fingerprint density at radius 1 is 1.39 bits per heavy atom. The van der Waals surface area contributed by atoms with Crippen molar-refractivity contribution in [1.82, 2.24) is 15.1 Å². The molecule has 0 aromatic rings. The molecule has 0 aromatic heterocycles. The SMILES string of the molecule is CO[C@@]12[C@H](COC(=O)NCCO)C3=C(C(=O)C(C)=C(N)C3=O)N1C[C@H]1[C@@H]2N1C. The first-order valence-electron chi connectivity index (χ1n) is 9.17. The van der Waals surface area contributed by atoms with E-state index in [1.165, 1.54) is 7.11 Å². The lowest BCUT2D eigenvalue weighted by molar-refractivity contribution is -0.144. The highest BCUT2D eigenvalue weighted by Gasteiger charge is 2.75. The predicted molar refractivity (Wildman–Crippen MR) is 95.6 cm³/mol. The third-order valence-electron chi connectivity index (χ3n) is 6.36. The largest absolute Gasteiger partial charge is 0.449 e. The number of Topliss-reactive ketones (excluding diaryl/α,β-unsaturated/α-hetero) is 2. The maximum Gasteiger partial charge on any atom is 0.407 e. The summed E-state index contributed by atoms with van der Waals surface area (Å²) in [6.07, 6.45) is -0.714. The first kappa shape index (κ1) is 18.9. The number of piperazine rings is 1. The summed E-state index contributed by atoms with van der Waals surface area (Å²) in [6, 6.07) is 0.172. The zero-order valence-corrected chi connectivity index (χ0v) is 16.0. The van der Waals surface area contributed by atoms with Crippen molar-refractivity contribution < 1.29 is 29.0 Å². The van der Waals surface area contributed by atoms with Gasteiger partial charge in [0.15, 0.2) is 5.72 Å². The Hall–Kier alpha value is -2.43. The molecular weight excluding hydrogens is 368 g/mol. The monoisotopic (exact) mass is 392 g/mol. The summed E-state index contributed by atoms with van der Waals surface area (Å²) in [6.45, 7) is 1.78. The number of nitrogens with one attached hydrogen (secondary N) is 1. The second-order valence-corrected chi connectivity index (χ2v) is 7.50. The first-order valence-corrected chi connectivity index (χ1v) is 9.17. The van der Waals surface area contributed by atoms with Crippen molar-refractivity contribution in [3.8, 4) is 0 Å². The number of aliphatic hydroxyl groups excluding tert-OH is 1. The summed E-state index contributed by atoms with van der Waals surface area (Å²) >= 11 is 0. The number of likely N-dealkylation sites (N-methyl/N-ethyl adjacent to an activating group) is 1. The number of allylic oxidation sites excluding steroid dienone is 2. The highest BCUT2D eigenvalue weighted by molar-refractivity contribution is 6.25. The first-order chi connectivity index (χ1) is 13.3. The number of nitrogens with two attached hydrogens (primary N) is 1. The van der Waals surface area contributed by atoms with Gasteiger partial charge in [0.25, 0.3) is 0 Å². The third-order valence-corrected chi connectivity index (χ3v) is 6.36. The topological polar surface area (TPSA) is 134 Å². The number of hydrogen-bond donors (Lipinski definition) is 3. The van der Waals surface area contributed by atoms with E-state index >= 15 is 0 Å². The van der Waals surface area contributed by atoms with Crippen LogP contribution in [0.5, 0.6) is 0 Å². The Balaban J connectivity index is 1.72. The molecule has 10 heteroatoms. The van der Waals surface area contributed by atoms with Crippen LogP contribution in [0.25, 0.3) is 0 Å². The fourth-order valence-electron chi connectivity index (χ4n) is 4.94. The number of methoxy groups -OCH3 is 1. The number of fused-ring (bicyclic) bond motifs is 4. The standard InChI is InChI=1S/C18H24N4O6/c1-8-12(19)15(25)11-9(7-28-17(26)20-4-5-23)18(27-3)16-10(21(16)2)6-22(18)13(11)14(8)24/h9-10,16,23H,4-7,19H2,1-3H3,(H,20,26)/t9-,10+,16+,18-,21?/m1/s1. The van der Waals surface area contributed by atoms with Gasteiger partial charge in [-0.25, -0.2) is 4.79 Å². The third kappa shape index (κ3) is 2.22. The molecule has 152 valence electrons. The molecule has 0 radical (unpaired) electrons. The molecule has 28 heavy (non-hydrogen) atoms. The number of hydrogen-bond acceptors (Lipinski definition) is 9. The minimum Gasteiger partial charge on any atom is -0.449 e. The van der Waals surface area contributed by atoms with Gasteiger partial charge in [-0.1, -0.05) is 0 Å². The molecule has 3 heterocycles. The maximum atomic E-state index is 13.0. The van der Waals surface area contributed by atoms with Crippen LogP contribution >= 0.6 is 0 Å². The van der Waals surface area contributed by atoms with E-state index in [1.807, 2.05) is 11.9 Å². The Morgan fingerprint density at radius 3 is 2.75 bits per heavy atom. The number of rotatable bonds is 5. The summed E-state index contributed by atoms with van der Waals surface area (Å²) in [5.41, 5.74) is 5.65. The summed E-state index contributed by atoms with van der Waals surface area (Å²) in [4.78, 5) is 41.9. The van der Waals surface area contributed by atoms with Crippen molar-refractivity contribution in [2.75, 3.05) is 40.5 Å².